The van der Waals surface area contributed by atoms with E-state index in [0.717, 1.165) is 42.4 Å². The molecule has 4 heterocycles. The summed E-state index contributed by atoms with van der Waals surface area (Å²) in [7, 11) is 0. The van der Waals surface area contributed by atoms with E-state index in [4.69, 9.17) is 36.0 Å². The third-order valence-corrected chi connectivity index (χ3v) is 11.3. The number of nitrogens with zero attached hydrogens (tertiary/aromatic N) is 6. The van der Waals surface area contributed by atoms with Crippen LogP contribution in [0.4, 0.5) is 5.82 Å². The van der Waals surface area contributed by atoms with Crippen LogP contribution >= 0.6 is 11.6 Å². The molecule has 0 amide bonds. The zero-order valence-electron chi connectivity index (χ0n) is 29.0. The van der Waals surface area contributed by atoms with E-state index >= 15 is 0 Å². The molecule has 0 saturated heterocycles. The molecule has 3 fully saturated rings. The predicted molar refractivity (Wildman–Crippen MR) is 205 cm³/mol. The Morgan fingerprint density at radius 2 is 1.46 bits per heavy atom. The molecule has 0 aliphatic heterocycles. The number of fused-ring (bicyclic) bond motifs is 4. The van der Waals surface area contributed by atoms with E-state index in [1.165, 1.54) is 6.20 Å². The molecule has 3 aromatic carbocycles. The topological polar surface area (TPSA) is 143 Å². The maximum absolute atomic E-state index is 12.6. The summed E-state index contributed by atoms with van der Waals surface area (Å²) in [4.78, 5) is 32.5. The number of aromatic nitrogens is 5. The maximum Gasteiger partial charge on any atom is 0.308 e. The van der Waals surface area contributed by atoms with Crippen LogP contribution in [-0.2, 0) is 10.3 Å². The van der Waals surface area contributed by atoms with Gasteiger partial charge in [0.25, 0.3) is 0 Å². The van der Waals surface area contributed by atoms with Gasteiger partial charge in [0, 0.05) is 18.3 Å². The second-order valence-electron chi connectivity index (χ2n) is 14.0. The average molecular weight is 732 g/mol. The van der Waals surface area contributed by atoms with Gasteiger partial charge in [-0.25, -0.2) is 19.9 Å². The second kappa shape index (κ2) is 13.6. The van der Waals surface area contributed by atoms with Crippen LogP contribution < -0.4 is 5.32 Å². The van der Waals surface area contributed by atoms with E-state index < -0.39 is 17.4 Å². The van der Waals surface area contributed by atoms with Crippen molar-refractivity contribution >= 4 is 34.6 Å². The van der Waals surface area contributed by atoms with Crippen molar-refractivity contribution in [3.05, 3.63) is 149 Å². The molecule has 0 radical (unpaired) electrons. The number of furan rings is 1. The van der Waals surface area contributed by atoms with Crippen LogP contribution in [0, 0.1) is 29.1 Å². The van der Waals surface area contributed by atoms with Gasteiger partial charge in [0.15, 0.2) is 17.2 Å². The molecular weight excluding hydrogens is 698 g/mol. The summed E-state index contributed by atoms with van der Waals surface area (Å²) in [5.74, 6) is 0.233. The van der Waals surface area contributed by atoms with Crippen molar-refractivity contribution in [1.82, 2.24) is 24.5 Å². The monoisotopic (exact) mass is 731 g/mol. The number of anilines is 1. The molecule has 10 nitrogen and oxygen atoms in total. The SMILES string of the molecule is N#Cc1ccc(-c2cc(NC3C4CCC(CC4)C3C(=O)O)nc(-c3cn(C(c4ccccc4)(c4ccccc4)c4ccccc4)c4ncc(Cl)nc34)n2)o1. The summed E-state index contributed by atoms with van der Waals surface area (Å²) >= 11 is 6.60. The number of benzene rings is 3. The van der Waals surface area contributed by atoms with E-state index in [1.807, 2.05) is 60.8 Å². The molecule has 0 spiro atoms. The predicted octanol–water partition coefficient (Wildman–Crippen LogP) is 8.81. The third kappa shape index (κ3) is 5.60. The summed E-state index contributed by atoms with van der Waals surface area (Å²) in [6, 6.07) is 37.6. The lowest BCUT2D eigenvalue weighted by Crippen LogP contribution is -2.51. The summed E-state index contributed by atoms with van der Waals surface area (Å²) in [5, 5.41) is 23.7. The molecule has 266 valence electrons. The van der Waals surface area contributed by atoms with Crippen molar-refractivity contribution in [3.63, 3.8) is 0 Å². The van der Waals surface area contributed by atoms with Crippen LogP contribution in [0.2, 0.25) is 5.15 Å². The summed E-state index contributed by atoms with van der Waals surface area (Å²) in [5.41, 5.74) is 4.06. The van der Waals surface area contributed by atoms with Crippen molar-refractivity contribution in [2.75, 3.05) is 5.32 Å². The molecule has 2 unspecified atom stereocenters. The quantitative estimate of drug-likeness (QED) is 0.139. The first kappa shape index (κ1) is 33.5. The number of carbonyl (C=O) groups is 1. The highest BCUT2D eigenvalue weighted by molar-refractivity contribution is 6.29. The number of hydrogen-bond acceptors (Lipinski definition) is 8. The highest BCUT2D eigenvalue weighted by Crippen LogP contribution is 2.47. The van der Waals surface area contributed by atoms with Crippen molar-refractivity contribution < 1.29 is 14.3 Å². The molecular formula is C43H34ClN7O3. The van der Waals surface area contributed by atoms with Crippen LogP contribution in [0.3, 0.4) is 0 Å². The number of nitrogens with one attached hydrogen (secondary N) is 1. The van der Waals surface area contributed by atoms with Crippen molar-refractivity contribution in [2.24, 2.45) is 17.8 Å². The molecule has 3 saturated carbocycles. The fourth-order valence-electron chi connectivity index (χ4n) is 8.83. The lowest BCUT2D eigenvalue weighted by Gasteiger charge is -2.47. The van der Waals surface area contributed by atoms with Crippen LogP contribution in [-0.4, -0.2) is 41.6 Å². The summed E-state index contributed by atoms with van der Waals surface area (Å²) in [6.07, 6.45) is 7.26. The first-order valence-corrected chi connectivity index (χ1v) is 18.4. The van der Waals surface area contributed by atoms with Gasteiger partial charge in [-0.15, -0.1) is 0 Å². The molecule has 4 aromatic heterocycles. The fourth-order valence-corrected chi connectivity index (χ4v) is 8.96. The van der Waals surface area contributed by atoms with Gasteiger partial charge in [0.05, 0.1) is 17.7 Å². The molecule has 11 heteroatoms. The molecule has 2 bridgehead atoms. The fraction of sp³-hybridized carbons (Fsp3) is 0.209. The number of halogens is 1. The molecule has 3 aliphatic rings. The van der Waals surface area contributed by atoms with E-state index in [-0.39, 0.29) is 28.8 Å². The Hall–Kier alpha value is -6.31. The lowest BCUT2D eigenvalue weighted by atomic mass is 9.61. The van der Waals surface area contributed by atoms with E-state index in [0.29, 0.717) is 39.8 Å². The smallest absolute Gasteiger partial charge is 0.308 e. The number of carboxylic acid groups (broad SMARTS) is 1. The van der Waals surface area contributed by atoms with E-state index in [9.17, 15) is 15.2 Å². The Kier molecular flexibility index (Phi) is 8.44. The molecule has 7 aromatic rings. The highest BCUT2D eigenvalue weighted by atomic mass is 35.5. The van der Waals surface area contributed by atoms with Gasteiger partial charge < -0.3 is 19.4 Å². The highest BCUT2D eigenvalue weighted by Gasteiger charge is 2.47. The van der Waals surface area contributed by atoms with Gasteiger partial charge in [0.2, 0.25) is 5.76 Å². The standard InChI is InChI=1S/C43H34ClN7O3/c44-35-24-46-41-39(48-35)32(25-51(41)43(28-10-4-1-5-11-28,29-12-6-2-7-13-29)30-14-8-3-9-15-30)40-47-33(34-21-20-31(23-45)54-34)22-36(50-40)49-38-27-18-16-26(17-19-27)37(38)42(52)53/h1-15,20-22,24-27,37-38H,16-19H2,(H,52,53)(H,47,49,50). The number of carboxylic acids is 1. The zero-order chi connectivity index (χ0) is 36.8. The Balaban J connectivity index is 1.30. The van der Waals surface area contributed by atoms with Crippen molar-refractivity contribution in [3.8, 4) is 28.9 Å². The third-order valence-electron chi connectivity index (χ3n) is 11.2. The number of nitriles is 1. The Bertz CT molecular complexity index is 2430. The molecule has 2 N–H and O–H groups in total. The van der Waals surface area contributed by atoms with Gasteiger partial charge >= 0.3 is 5.97 Å². The largest absolute Gasteiger partial charge is 0.481 e. The van der Waals surface area contributed by atoms with Gasteiger partial charge in [-0.1, -0.05) is 103 Å². The van der Waals surface area contributed by atoms with E-state index in [1.54, 1.807) is 18.2 Å². The first-order chi connectivity index (χ1) is 26.4. The van der Waals surface area contributed by atoms with E-state index in [2.05, 4.69) is 52.4 Å². The molecule has 54 heavy (non-hydrogen) atoms. The summed E-state index contributed by atoms with van der Waals surface area (Å²) < 4.78 is 7.99. The molecule has 10 rings (SSSR count). The molecule has 2 atom stereocenters. The van der Waals surface area contributed by atoms with Gasteiger partial charge in [-0.2, -0.15) is 5.26 Å². The number of hydrogen-bond donors (Lipinski definition) is 2. The zero-order valence-corrected chi connectivity index (χ0v) is 29.8. The second-order valence-corrected chi connectivity index (χ2v) is 14.4. The summed E-state index contributed by atoms with van der Waals surface area (Å²) in [6.45, 7) is 0. The lowest BCUT2D eigenvalue weighted by molar-refractivity contribution is -0.148. The normalized spacial score (nSPS) is 19.4. The van der Waals surface area contributed by atoms with Crippen LogP contribution in [0.15, 0.2) is 126 Å². The average Bonchev–Trinajstić information content (AvgIpc) is 3.85. The minimum absolute atomic E-state index is 0.103. The van der Waals surface area contributed by atoms with Gasteiger partial charge in [-0.3, -0.25) is 4.79 Å². The molecule has 3 aliphatic carbocycles. The Labute approximate surface area is 316 Å². The van der Waals surface area contributed by atoms with Crippen LogP contribution in [0.25, 0.3) is 34.0 Å². The van der Waals surface area contributed by atoms with Gasteiger partial charge in [0.1, 0.15) is 33.8 Å². The number of aliphatic carboxylic acids is 1. The van der Waals surface area contributed by atoms with Gasteiger partial charge in [-0.05, 0) is 66.3 Å². The van der Waals surface area contributed by atoms with Crippen molar-refractivity contribution in [2.45, 2.75) is 37.3 Å². The minimum atomic E-state index is -0.930. The Morgan fingerprint density at radius 3 is 2.04 bits per heavy atom. The maximum atomic E-state index is 12.6. The number of rotatable bonds is 9. The van der Waals surface area contributed by atoms with Crippen LogP contribution in [0.1, 0.15) is 48.1 Å². The minimum Gasteiger partial charge on any atom is -0.481 e. The van der Waals surface area contributed by atoms with Crippen molar-refractivity contribution in [1.29, 1.82) is 5.26 Å². The van der Waals surface area contributed by atoms with Crippen LogP contribution in [0.5, 0.6) is 0 Å². The Morgan fingerprint density at radius 1 is 0.852 bits per heavy atom. The first-order valence-electron chi connectivity index (χ1n) is 18.0.